The number of hydrogen-bond donors (Lipinski definition) is 0. The average Bonchev–Trinajstić information content (AvgIpc) is 2.60. The SMILES string of the molecule is Cc1ccc([C@H](Cc2ccccc2)c2cc(F)cc(C(F)(F)F)c2)nc1. The van der Waals surface area contributed by atoms with Crippen molar-refractivity contribution in [2.75, 3.05) is 0 Å². The Balaban J connectivity index is 2.08. The van der Waals surface area contributed by atoms with Crippen LogP contribution < -0.4 is 0 Å². The van der Waals surface area contributed by atoms with Crippen molar-refractivity contribution < 1.29 is 17.6 Å². The first kappa shape index (κ1) is 18.1. The lowest BCUT2D eigenvalue weighted by Crippen LogP contribution is -2.11. The van der Waals surface area contributed by atoms with Crippen LogP contribution in [0.5, 0.6) is 0 Å². The van der Waals surface area contributed by atoms with E-state index in [4.69, 9.17) is 0 Å². The number of hydrogen-bond acceptors (Lipinski definition) is 1. The zero-order chi connectivity index (χ0) is 18.7. The van der Waals surface area contributed by atoms with E-state index in [2.05, 4.69) is 4.98 Å². The van der Waals surface area contributed by atoms with E-state index in [0.29, 0.717) is 18.2 Å². The molecule has 2 aromatic carbocycles. The molecule has 3 rings (SSSR count). The normalized spacial score (nSPS) is 12.8. The predicted molar refractivity (Wildman–Crippen MR) is 92.4 cm³/mol. The average molecular weight is 359 g/mol. The number of nitrogens with zero attached hydrogens (tertiary/aromatic N) is 1. The van der Waals surface area contributed by atoms with Crippen LogP contribution in [-0.2, 0) is 12.6 Å². The Kier molecular flexibility index (Phi) is 5.07. The maximum absolute atomic E-state index is 13.9. The molecule has 0 N–H and O–H groups in total. The van der Waals surface area contributed by atoms with Gasteiger partial charge in [-0.2, -0.15) is 13.2 Å². The van der Waals surface area contributed by atoms with E-state index in [1.165, 1.54) is 0 Å². The van der Waals surface area contributed by atoms with E-state index >= 15 is 0 Å². The fraction of sp³-hybridized carbons (Fsp3) is 0.190. The van der Waals surface area contributed by atoms with E-state index in [9.17, 15) is 17.6 Å². The molecule has 3 aromatic rings. The van der Waals surface area contributed by atoms with E-state index in [1.807, 2.05) is 43.3 Å². The molecule has 0 amide bonds. The minimum absolute atomic E-state index is 0.262. The van der Waals surface area contributed by atoms with Gasteiger partial charge in [0.15, 0.2) is 0 Å². The summed E-state index contributed by atoms with van der Waals surface area (Å²) in [5.74, 6) is -1.38. The summed E-state index contributed by atoms with van der Waals surface area (Å²) in [6.45, 7) is 1.88. The van der Waals surface area contributed by atoms with Crippen molar-refractivity contribution >= 4 is 0 Å². The van der Waals surface area contributed by atoms with Gasteiger partial charge in [-0.25, -0.2) is 4.39 Å². The van der Waals surface area contributed by atoms with Crippen LogP contribution in [-0.4, -0.2) is 4.98 Å². The molecule has 0 saturated heterocycles. The standard InChI is InChI=1S/C21H17F4N/c1-14-7-8-20(26-13-14)19(9-15-5-3-2-4-6-15)16-10-17(21(23,24)25)12-18(22)11-16/h2-8,10-13,19H,9H2,1H3/t19-/m1/s1. The zero-order valence-corrected chi connectivity index (χ0v) is 14.1. The van der Waals surface area contributed by atoms with Crippen LogP contribution in [0.15, 0.2) is 66.9 Å². The van der Waals surface area contributed by atoms with Gasteiger partial charge >= 0.3 is 6.18 Å². The summed E-state index contributed by atoms with van der Waals surface area (Å²) in [7, 11) is 0. The Morgan fingerprint density at radius 3 is 2.31 bits per heavy atom. The summed E-state index contributed by atoms with van der Waals surface area (Å²) >= 11 is 0. The third kappa shape index (κ3) is 4.28. The Hall–Kier alpha value is -2.69. The molecular weight excluding hydrogens is 342 g/mol. The highest BCUT2D eigenvalue weighted by Crippen LogP contribution is 2.34. The minimum Gasteiger partial charge on any atom is -0.260 e. The Labute approximate surface area is 149 Å². The molecule has 1 heterocycles. The fourth-order valence-electron chi connectivity index (χ4n) is 2.91. The number of halogens is 4. The van der Waals surface area contributed by atoms with Crippen LogP contribution in [0.4, 0.5) is 17.6 Å². The maximum Gasteiger partial charge on any atom is 0.416 e. The zero-order valence-electron chi connectivity index (χ0n) is 14.1. The molecule has 134 valence electrons. The molecule has 1 aromatic heterocycles. The van der Waals surface area contributed by atoms with E-state index in [-0.39, 0.29) is 5.56 Å². The van der Waals surface area contributed by atoms with Gasteiger partial charge in [-0.3, -0.25) is 4.98 Å². The van der Waals surface area contributed by atoms with Crippen LogP contribution >= 0.6 is 0 Å². The van der Waals surface area contributed by atoms with Gasteiger partial charge in [-0.05, 0) is 54.3 Å². The highest BCUT2D eigenvalue weighted by atomic mass is 19.4. The Morgan fingerprint density at radius 2 is 1.69 bits per heavy atom. The van der Waals surface area contributed by atoms with Crippen molar-refractivity contribution in [1.82, 2.24) is 4.98 Å². The predicted octanol–water partition coefficient (Wildman–Crippen LogP) is 5.92. The second kappa shape index (κ2) is 7.28. The van der Waals surface area contributed by atoms with Crippen molar-refractivity contribution in [1.29, 1.82) is 0 Å². The van der Waals surface area contributed by atoms with Gasteiger partial charge in [-0.15, -0.1) is 0 Å². The molecule has 5 heteroatoms. The topological polar surface area (TPSA) is 12.9 Å². The summed E-state index contributed by atoms with van der Waals surface area (Å²) in [5.41, 5.74) is 1.77. The number of alkyl halides is 3. The highest BCUT2D eigenvalue weighted by Gasteiger charge is 2.32. The Bertz CT molecular complexity index is 871. The molecular formula is C21H17F4N. The van der Waals surface area contributed by atoms with Crippen molar-refractivity contribution in [3.63, 3.8) is 0 Å². The van der Waals surface area contributed by atoms with Crippen LogP contribution in [0.2, 0.25) is 0 Å². The number of rotatable bonds is 4. The first-order valence-corrected chi connectivity index (χ1v) is 8.17. The third-order valence-corrected chi connectivity index (χ3v) is 4.22. The molecule has 0 bridgehead atoms. The molecule has 0 aliphatic heterocycles. The van der Waals surface area contributed by atoms with Gasteiger partial charge in [0.1, 0.15) is 5.82 Å². The van der Waals surface area contributed by atoms with Crippen molar-refractivity contribution in [3.8, 4) is 0 Å². The lowest BCUT2D eigenvalue weighted by molar-refractivity contribution is -0.137. The number of pyridine rings is 1. The molecule has 26 heavy (non-hydrogen) atoms. The summed E-state index contributed by atoms with van der Waals surface area (Å²) in [6, 6.07) is 15.7. The van der Waals surface area contributed by atoms with Crippen molar-refractivity contribution in [2.45, 2.75) is 25.4 Å². The second-order valence-electron chi connectivity index (χ2n) is 6.27. The summed E-state index contributed by atoms with van der Waals surface area (Å²) < 4.78 is 53.3. The number of aryl methyl sites for hydroxylation is 1. The molecule has 0 radical (unpaired) electrons. The monoisotopic (exact) mass is 359 g/mol. The lowest BCUT2D eigenvalue weighted by atomic mass is 9.87. The minimum atomic E-state index is -4.60. The second-order valence-corrected chi connectivity index (χ2v) is 6.27. The number of benzene rings is 2. The lowest BCUT2D eigenvalue weighted by Gasteiger charge is -2.19. The molecule has 0 saturated carbocycles. The molecule has 1 atom stereocenters. The van der Waals surface area contributed by atoms with Crippen LogP contribution in [0.1, 0.15) is 33.9 Å². The molecule has 0 aliphatic carbocycles. The van der Waals surface area contributed by atoms with Crippen molar-refractivity contribution in [3.05, 3.63) is 101 Å². The molecule has 0 spiro atoms. The van der Waals surface area contributed by atoms with Gasteiger partial charge in [0.2, 0.25) is 0 Å². The first-order valence-electron chi connectivity index (χ1n) is 8.17. The quantitative estimate of drug-likeness (QED) is 0.527. The van der Waals surface area contributed by atoms with Gasteiger partial charge in [0.05, 0.1) is 5.56 Å². The Morgan fingerprint density at radius 1 is 0.962 bits per heavy atom. The van der Waals surface area contributed by atoms with E-state index < -0.39 is 23.5 Å². The molecule has 0 unspecified atom stereocenters. The summed E-state index contributed by atoms with van der Waals surface area (Å²) in [4.78, 5) is 4.37. The molecule has 0 aliphatic rings. The van der Waals surface area contributed by atoms with E-state index in [1.54, 1.807) is 12.3 Å². The largest absolute Gasteiger partial charge is 0.416 e. The summed E-state index contributed by atoms with van der Waals surface area (Å²) in [5, 5.41) is 0. The smallest absolute Gasteiger partial charge is 0.260 e. The van der Waals surface area contributed by atoms with Crippen molar-refractivity contribution in [2.24, 2.45) is 0 Å². The van der Waals surface area contributed by atoms with Gasteiger partial charge in [0.25, 0.3) is 0 Å². The van der Waals surface area contributed by atoms with E-state index in [0.717, 1.165) is 23.3 Å². The van der Waals surface area contributed by atoms with Crippen LogP contribution in [0, 0.1) is 12.7 Å². The van der Waals surface area contributed by atoms with Gasteiger partial charge < -0.3 is 0 Å². The molecule has 0 fully saturated rings. The first-order chi connectivity index (χ1) is 12.3. The highest BCUT2D eigenvalue weighted by molar-refractivity contribution is 5.36. The van der Waals surface area contributed by atoms with Crippen LogP contribution in [0.25, 0.3) is 0 Å². The van der Waals surface area contributed by atoms with Gasteiger partial charge in [0, 0.05) is 17.8 Å². The third-order valence-electron chi connectivity index (χ3n) is 4.22. The number of aromatic nitrogens is 1. The maximum atomic E-state index is 13.9. The van der Waals surface area contributed by atoms with Gasteiger partial charge in [-0.1, -0.05) is 36.4 Å². The molecule has 1 nitrogen and oxygen atoms in total. The summed E-state index contributed by atoms with van der Waals surface area (Å²) in [6.07, 6.45) is -2.51. The van der Waals surface area contributed by atoms with Crippen LogP contribution in [0.3, 0.4) is 0 Å². The fourth-order valence-corrected chi connectivity index (χ4v) is 2.91.